The number of carbonyl (C=O) groups is 4. The van der Waals surface area contributed by atoms with E-state index in [1.807, 2.05) is 27.7 Å². The van der Waals surface area contributed by atoms with Crippen LogP contribution >= 0.6 is 0 Å². The number of carbonyl (C=O) groups excluding carboxylic acids is 4. The van der Waals surface area contributed by atoms with E-state index in [1.165, 1.54) is 0 Å². The fourth-order valence-corrected chi connectivity index (χ4v) is 5.84. The fourth-order valence-electron chi connectivity index (χ4n) is 1.72. The van der Waals surface area contributed by atoms with Gasteiger partial charge in [0.25, 0.3) is 0 Å². The van der Waals surface area contributed by atoms with Crippen LogP contribution in [0.3, 0.4) is 0 Å². The van der Waals surface area contributed by atoms with E-state index in [2.05, 4.69) is 0 Å². The molecule has 0 aliphatic rings. The summed E-state index contributed by atoms with van der Waals surface area (Å²) in [7, 11) is 0. The van der Waals surface area contributed by atoms with Crippen molar-refractivity contribution in [2.24, 2.45) is 0 Å². The van der Waals surface area contributed by atoms with Crippen molar-refractivity contribution in [3.63, 3.8) is 0 Å². The minimum Gasteiger partial charge on any atom is 0 e. The van der Waals surface area contributed by atoms with Crippen LogP contribution < -0.4 is 0 Å². The Labute approximate surface area is 151 Å². The van der Waals surface area contributed by atoms with E-state index >= 15 is 0 Å². The van der Waals surface area contributed by atoms with Gasteiger partial charge in [-0.3, -0.25) is 0 Å². The van der Waals surface area contributed by atoms with E-state index < -0.39 is 31.6 Å². The van der Waals surface area contributed by atoms with E-state index in [9.17, 15) is 19.2 Å². The molecule has 0 aromatic heterocycles. The SMILES string of the molecule is CCC[C](=O)[Cu]([C](=O)CCC)([C](=O)CCC)[C](=O)CCC.[Ti]. The molecule has 0 fully saturated rings. The summed E-state index contributed by atoms with van der Waals surface area (Å²) in [6, 6.07) is 0. The Hall–Kier alpha value is -0.0862. The molecule has 0 bridgehead atoms. The third kappa shape index (κ3) is 5.52. The second-order valence-corrected chi connectivity index (χ2v) is 8.22. The quantitative estimate of drug-likeness (QED) is 0.475. The van der Waals surface area contributed by atoms with Crippen molar-refractivity contribution in [1.82, 2.24) is 0 Å². The number of rotatable bonds is 12. The first-order chi connectivity index (χ1) is 9.93. The molecule has 6 heteroatoms. The van der Waals surface area contributed by atoms with Crippen molar-refractivity contribution < 1.29 is 53.7 Å². The third-order valence-corrected chi connectivity index (χ3v) is 6.81. The Kier molecular flexibility index (Phi) is 13.6. The van der Waals surface area contributed by atoms with Gasteiger partial charge in [0.1, 0.15) is 0 Å². The van der Waals surface area contributed by atoms with Crippen molar-refractivity contribution in [3.8, 4) is 0 Å². The summed E-state index contributed by atoms with van der Waals surface area (Å²) in [5.41, 5.74) is 0. The second-order valence-electron chi connectivity index (χ2n) is 4.70. The summed E-state index contributed by atoms with van der Waals surface area (Å²) in [6.45, 7) is 7.28. The third-order valence-electron chi connectivity index (χ3n) is 2.72. The largest absolute Gasteiger partial charge is 0 e. The van der Waals surface area contributed by atoms with Gasteiger partial charge < -0.3 is 0 Å². The monoisotopic (exact) mass is 395 g/mol. The summed E-state index contributed by atoms with van der Waals surface area (Å²) in [5, 5.41) is 0. The van der Waals surface area contributed by atoms with Gasteiger partial charge in [0.05, 0.1) is 0 Å². The molecule has 0 spiro atoms. The van der Waals surface area contributed by atoms with Gasteiger partial charge in [-0.15, -0.1) is 0 Å². The Morgan fingerprint density at radius 2 is 0.727 bits per heavy atom. The minimum atomic E-state index is -3.05. The van der Waals surface area contributed by atoms with Crippen LogP contribution in [-0.2, 0) is 53.7 Å². The van der Waals surface area contributed by atoms with Gasteiger partial charge in [0.2, 0.25) is 0 Å². The van der Waals surface area contributed by atoms with Crippen molar-refractivity contribution >= 4 is 18.7 Å². The maximum Gasteiger partial charge on any atom is 0 e. The van der Waals surface area contributed by atoms with Crippen LogP contribution in [-0.4, -0.2) is 18.7 Å². The molecule has 0 N–H and O–H groups in total. The Bertz CT molecular complexity index is 329. The summed E-state index contributed by atoms with van der Waals surface area (Å²) >= 11 is -3.05. The maximum atomic E-state index is 12.6. The van der Waals surface area contributed by atoms with E-state index in [1.54, 1.807) is 0 Å². The zero-order chi connectivity index (χ0) is 16.5. The summed E-state index contributed by atoms with van der Waals surface area (Å²) < 4.78 is -1.69. The van der Waals surface area contributed by atoms with Crippen LogP contribution in [0, 0.1) is 0 Å². The minimum absolute atomic E-state index is 0. The van der Waals surface area contributed by atoms with Crippen molar-refractivity contribution in [2.45, 2.75) is 79.1 Å². The summed E-state index contributed by atoms with van der Waals surface area (Å²) in [4.78, 5) is 50.3. The van der Waals surface area contributed by atoms with E-state index in [4.69, 9.17) is 0 Å². The normalized spacial score (nSPS) is 11.5. The van der Waals surface area contributed by atoms with Crippen LogP contribution in [0.4, 0.5) is 0 Å². The van der Waals surface area contributed by atoms with Crippen LogP contribution in [0.1, 0.15) is 79.1 Å². The molecule has 131 valence electrons. The summed E-state index contributed by atoms with van der Waals surface area (Å²) in [6.07, 6.45) is 2.71. The van der Waals surface area contributed by atoms with E-state index in [0.717, 1.165) is 0 Å². The van der Waals surface area contributed by atoms with Gasteiger partial charge in [0.15, 0.2) is 0 Å². The molecule has 0 aromatic carbocycles. The van der Waals surface area contributed by atoms with Crippen molar-refractivity contribution in [1.29, 1.82) is 0 Å². The molecule has 0 heterocycles. The second kappa shape index (κ2) is 12.4. The predicted molar refractivity (Wildman–Crippen MR) is 79.7 cm³/mol. The molecule has 0 saturated heterocycles. The summed E-state index contributed by atoms with van der Waals surface area (Å²) in [5.74, 6) is 0. The molecule has 0 unspecified atom stereocenters. The average molecular weight is 396 g/mol. The van der Waals surface area contributed by atoms with Gasteiger partial charge in [-0.1, -0.05) is 0 Å². The molecule has 0 aromatic rings. The van der Waals surface area contributed by atoms with Crippen LogP contribution in [0.5, 0.6) is 0 Å². The first-order valence-corrected chi connectivity index (χ1v) is 9.55. The zero-order valence-electron chi connectivity index (χ0n) is 14.1. The van der Waals surface area contributed by atoms with Crippen molar-refractivity contribution in [2.75, 3.05) is 0 Å². The predicted octanol–water partition coefficient (Wildman–Crippen LogP) is 3.44. The Balaban J connectivity index is 0. The molecule has 0 atom stereocenters. The van der Waals surface area contributed by atoms with Crippen LogP contribution in [0.25, 0.3) is 0 Å². The average Bonchev–Trinajstić information content (AvgIpc) is 2.40. The van der Waals surface area contributed by atoms with Gasteiger partial charge in [-0.2, -0.15) is 0 Å². The van der Waals surface area contributed by atoms with Gasteiger partial charge in [-0.25, -0.2) is 0 Å². The molecule has 0 amide bonds. The first kappa shape index (κ1) is 24.2. The maximum absolute atomic E-state index is 12.6. The Morgan fingerprint density at radius 3 is 0.864 bits per heavy atom. The van der Waals surface area contributed by atoms with Crippen LogP contribution in [0.15, 0.2) is 0 Å². The van der Waals surface area contributed by atoms with Gasteiger partial charge >= 0.3 is 130 Å². The number of hydrogen-bond acceptors (Lipinski definition) is 4. The number of hydrogen-bond donors (Lipinski definition) is 0. The van der Waals surface area contributed by atoms with Crippen LogP contribution in [0.2, 0.25) is 0 Å². The molecule has 0 rings (SSSR count). The fraction of sp³-hybridized carbons (Fsp3) is 0.750. The topological polar surface area (TPSA) is 68.3 Å². The molecule has 22 heavy (non-hydrogen) atoms. The smallest absolute Gasteiger partial charge is 0 e. The van der Waals surface area contributed by atoms with E-state index in [0.29, 0.717) is 25.7 Å². The van der Waals surface area contributed by atoms with Gasteiger partial charge in [0, 0.05) is 21.7 Å². The molecule has 0 aliphatic carbocycles. The molecule has 0 saturated carbocycles. The standard InChI is InChI=1S/4C4H7O.Cu.Ti/c4*1-2-3-4-5;;/h4*2-3H2,1H3;;. The first-order valence-electron chi connectivity index (χ1n) is 7.66. The molecule has 0 aliphatic heterocycles. The Morgan fingerprint density at radius 1 is 0.545 bits per heavy atom. The van der Waals surface area contributed by atoms with Gasteiger partial charge in [-0.05, 0) is 0 Å². The van der Waals surface area contributed by atoms with Crippen molar-refractivity contribution in [3.05, 3.63) is 0 Å². The molecular weight excluding hydrogens is 368 g/mol. The molecule has 0 radical (unpaired) electrons. The molecule has 4 nitrogen and oxygen atoms in total. The molecular formula is C16H28CuO4Ti. The van der Waals surface area contributed by atoms with E-state index in [-0.39, 0.29) is 47.4 Å². The zero-order valence-corrected chi connectivity index (χ0v) is 16.6.